The molecule has 0 saturated carbocycles. The molecule has 1 aromatic rings. The number of hydrogen-bond acceptors (Lipinski definition) is 2. The number of rotatable bonds is 1. The number of phenolic OH excluding ortho intramolecular Hbond substituents is 1. The fraction of sp³-hybridized carbons (Fsp3) is 0.579. The quantitative estimate of drug-likeness (QED) is 0.738. The normalized spacial score (nSPS) is 16.8. The molecular weight excluding hydrogens is 276 g/mol. The van der Waals surface area contributed by atoms with Crippen molar-refractivity contribution in [3.05, 3.63) is 34.9 Å². The molecule has 0 fully saturated rings. The van der Waals surface area contributed by atoms with E-state index in [1.807, 2.05) is 11.8 Å². The van der Waals surface area contributed by atoms with Gasteiger partial charge in [0.2, 0.25) is 0 Å². The van der Waals surface area contributed by atoms with Crippen molar-refractivity contribution < 1.29 is 5.11 Å². The number of phenols is 1. The van der Waals surface area contributed by atoms with Crippen LogP contribution in [0.2, 0.25) is 0 Å². The van der Waals surface area contributed by atoms with Crippen molar-refractivity contribution in [2.45, 2.75) is 58.8 Å². The van der Waals surface area contributed by atoms with E-state index in [4.69, 9.17) is 0 Å². The van der Waals surface area contributed by atoms with E-state index < -0.39 is 0 Å². The van der Waals surface area contributed by atoms with E-state index in [9.17, 15) is 5.11 Å². The Hall–Kier alpha value is -0.890. The summed E-state index contributed by atoms with van der Waals surface area (Å²) in [7, 11) is 0. The van der Waals surface area contributed by atoms with E-state index >= 15 is 0 Å². The molecule has 0 bridgehead atoms. The smallest absolute Gasteiger partial charge is 0.126 e. The van der Waals surface area contributed by atoms with Crippen molar-refractivity contribution in [2.24, 2.45) is 0 Å². The molecule has 0 spiro atoms. The van der Waals surface area contributed by atoms with Crippen LogP contribution in [0.1, 0.15) is 64.7 Å². The summed E-state index contributed by atoms with van der Waals surface area (Å²) in [5.74, 6) is 2.68. The highest BCUT2D eigenvalue weighted by Crippen LogP contribution is 2.41. The first kappa shape index (κ1) is 16.5. The van der Waals surface area contributed by atoms with Gasteiger partial charge >= 0.3 is 0 Å². The van der Waals surface area contributed by atoms with Crippen LogP contribution < -0.4 is 0 Å². The fourth-order valence-corrected chi connectivity index (χ4v) is 3.51. The topological polar surface area (TPSA) is 20.2 Å². The summed E-state index contributed by atoms with van der Waals surface area (Å²) in [5.41, 5.74) is 4.76. The second-order valence-corrected chi connectivity index (χ2v) is 9.12. The molecule has 21 heavy (non-hydrogen) atoms. The molecule has 1 heterocycles. The fourth-order valence-electron chi connectivity index (χ4n) is 2.66. The molecule has 1 N–H and O–H groups in total. The van der Waals surface area contributed by atoms with Gasteiger partial charge in [-0.1, -0.05) is 53.7 Å². The molecule has 0 unspecified atom stereocenters. The summed E-state index contributed by atoms with van der Waals surface area (Å²) in [5, 5.41) is 10.8. The maximum absolute atomic E-state index is 10.8. The van der Waals surface area contributed by atoms with Gasteiger partial charge in [-0.05, 0) is 40.2 Å². The van der Waals surface area contributed by atoms with Crippen LogP contribution in [-0.4, -0.2) is 16.6 Å². The molecule has 116 valence electrons. The molecular formula is C19H28OS. The van der Waals surface area contributed by atoms with Crippen LogP contribution in [0.15, 0.2) is 18.2 Å². The zero-order valence-electron chi connectivity index (χ0n) is 14.2. The van der Waals surface area contributed by atoms with E-state index in [1.165, 1.54) is 11.1 Å². The van der Waals surface area contributed by atoms with Crippen molar-refractivity contribution in [3.63, 3.8) is 0 Å². The largest absolute Gasteiger partial charge is 0.507 e. The second-order valence-electron chi connectivity index (χ2n) is 7.97. The predicted molar refractivity (Wildman–Crippen MR) is 95.4 cm³/mol. The molecule has 0 saturated heterocycles. The maximum atomic E-state index is 10.8. The average molecular weight is 304 g/mol. The Morgan fingerprint density at radius 3 is 2.14 bits per heavy atom. The Balaban J connectivity index is 2.66. The summed E-state index contributed by atoms with van der Waals surface area (Å²) >= 11 is 1.96. The van der Waals surface area contributed by atoms with Crippen molar-refractivity contribution in [1.29, 1.82) is 0 Å². The Labute approximate surface area is 133 Å². The average Bonchev–Trinajstić information content (AvgIpc) is 2.37. The molecule has 1 aromatic carbocycles. The molecule has 0 amide bonds. The van der Waals surface area contributed by atoms with Crippen LogP contribution in [0.25, 0.3) is 5.57 Å². The summed E-state index contributed by atoms with van der Waals surface area (Å²) < 4.78 is 0. The van der Waals surface area contributed by atoms with Crippen molar-refractivity contribution >= 4 is 17.3 Å². The molecule has 2 heteroatoms. The van der Waals surface area contributed by atoms with E-state index in [1.54, 1.807) is 0 Å². The van der Waals surface area contributed by atoms with Gasteiger partial charge in [0.05, 0.1) is 0 Å². The van der Waals surface area contributed by atoms with E-state index in [-0.39, 0.29) is 10.8 Å². The molecule has 0 aliphatic carbocycles. The highest BCUT2D eigenvalue weighted by Gasteiger charge is 2.26. The standard InChI is InChI=1S/C19H28OS/c1-18(2,3)14-11-15(13-7-9-21-10-8-13)17(20)16(12-14)19(4,5)6/h7,11-12,20H,8-10H2,1-6H3. The molecule has 0 radical (unpaired) electrons. The third-order valence-corrected chi connectivity index (χ3v) is 4.99. The summed E-state index contributed by atoms with van der Waals surface area (Å²) in [4.78, 5) is 0. The van der Waals surface area contributed by atoms with Crippen LogP contribution >= 0.6 is 11.8 Å². The minimum Gasteiger partial charge on any atom is -0.507 e. The predicted octanol–water partition coefficient (Wildman–Crippen LogP) is 5.51. The minimum atomic E-state index is -0.0515. The van der Waals surface area contributed by atoms with Gasteiger partial charge in [0.15, 0.2) is 0 Å². The van der Waals surface area contributed by atoms with Gasteiger partial charge < -0.3 is 5.11 Å². The lowest BCUT2D eigenvalue weighted by atomic mass is 9.78. The van der Waals surface area contributed by atoms with Crippen LogP contribution in [0.5, 0.6) is 5.75 Å². The molecule has 1 aliphatic heterocycles. The van der Waals surface area contributed by atoms with Crippen molar-refractivity contribution in [3.8, 4) is 5.75 Å². The Morgan fingerprint density at radius 2 is 1.67 bits per heavy atom. The third-order valence-electron chi connectivity index (χ3n) is 4.09. The van der Waals surface area contributed by atoms with Crippen molar-refractivity contribution in [2.75, 3.05) is 11.5 Å². The van der Waals surface area contributed by atoms with Gasteiger partial charge in [0.25, 0.3) is 0 Å². The number of thioether (sulfide) groups is 1. The van der Waals surface area contributed by atoms with E-state index in [2.05, 4.69) is 59.8 Å². The zero-order chi connectivity index (χ0) is 15.8. The first-order valence-corrected chi connectivity index (χ1v) is 8.91. The molecule has 1 nitrogen and oxygen atoms in total. The van der Waals surface area contributed by atoms with E-state index in [0.29, 0.717) is 5.75 Å². The molecule has 1 aliphatic rings. The second kappa shape index (κ2) is 5.72. The van der Waals surface area contributed by atoms with Gasteiger partial charge in [-0.15, -0.1) is 0 Å². The highest BCUT2D eigenvalue weighted by atomic mass is 32.2. The maximum Gasteiger partial charge on any atom is 0.126 e. The van der Waals surface area contributed by atoms with Gasteiger partial charge in [-0.25, -0.2) is 0 Å². The minimum absolute atomic E-state index is 0.0515. The third kappa shape index (κ3) is 3.66. The SMILES string of the molecule is CC(C)(C)c1cc(C2=CCSCC2)c(O)c(C(C)(C)C)c1. The van der Waals surface area contributed by atoms with Gasteiger partial charge in [0.1, 0.15) is 5.75 Å². The number of aromatic hydroxyl groups is 1. The highest BCUT2D eigenvalue weighted by molar-refractivity contribution is 7.99. The van der Waals surface area contributed by atoms with Crippen LogP contribution in [0.3, 0.4) is 0 Å². The van der Waals surface area contributed by atoms with Crippen LogP contribution in [0, 0.1) is 0 Å². The first-order chi connectivity index (χ1) is 9.60. The molecule has 2 rings (SSSR count). The summed E-state index contributed by atoms with van der Waals surface area (Å²) in [6.45, 7) is 13.2. The van der Waals surface area contributed by atoms with Gasteiger partial charge in [-0.3, -0.25) is 0 Å². The molecule has 0 atom stereocenters. The lowest BCUT2D eigenvalue weighted by molar-refractivity contribution is 0.443. The van der Waals surface area contributed by atoms with Gasteiger partial charge in [-0.2, -0.15) is 11.8 Å². The number of hydrogen-bond donors (Lipinski definition) is 1. The van der Waals surface area contributed by atoms with Gasteiger partial charge in [0, 0.05) is 16.9 Å². The lowest BCUT2D eigenvalue weighted by Crippen LogP contribution is -2.17. The van der Waals surface area contributed by atoms with Crippen molar-refractivity contribution in [1.82, 2.24) is 0 Å². The Morgan fingerprint density at radius 1 is 1.00 bits per heavy atom. The molecule has 0 aromatic heterocycles. The lowest BCUT2D eigenvalue weighted by Gasteiger charge is -2.28. The van der Waals surface area contributed by atoms with Crippen LogP contribution in [0.4, 0.5) is 0 Å². The Bertz CT molecular complexity index is 556. The summed E-state index contributed by atoms with van der Waals surface area (Å²) in [6, 6.07) is 4.39. The Kier molecular flexibility index (Phi) is 4.49. The number of allylic oxidation sites excluding steroid dienone is 1. The zero-order valence-corrected chi connectivity index (χ0v) is 15.0. The summed E-state index contributed by atoms with van der Waals surface area (Å²) in [6.07, 6.45) is 3.33. The monoisotopic (exact) mass is 304 g/mol. The van der Waals surface area contributed by atoms with E-state index in [0.717, 1.165) is 29.1 Å². The number of benzene rings is 1. The van der Waals surface area contributed by atoms with Crippen LogP contribution in [-0.2, 0) is 10.8 Å². The first-order valence-electron chi connectivity index (χ1n) is 7.76.